The van der Waals surface area contributed by atoms with Crippen molar-refractivity contribution >= 4 is 26.6 Å². The van der Waals surface area contributed by atoms with Gasteiger partial charge in [-0.15, -0.1) is 0 Å². The van der Waals surface area contributed by atoms with Gasteiger partial charge in [-0.3, -0.25) is 4.72 Å². The zero-order valence-electron chi connectivity index (χ0n) is 17.6. The minimum atomic E-state index is -3.34. The average molecular weight is 426 g/mol. The highest BCUT2D eigenvalue weighted by Gasteiger charge is 2.19. The molecule has 0 atom stereocenters. The molecule has 3 rings (SSSR count). The van der Waals surface area contributed by atoms with Gasteiger partial charge in [-0.1, -0.05) is 32.4 Å². The van der Waals surface area contributed by atoms with E-state index in [9.17, 15) is 13.7 Å². The Labute approximate surface area is 178 Å². The number of methoxy groups -OCH3 is 1. The van der Waals surface area contributed by atoms with Crippen molar-refractivity contribution in [3.8, 4) is 23.1 Å². The molecule has 0 amide bonds. The van der Waals surface area contributed by atoms with E-state index in [1.807, 2.05) is 37.3 Å². The molecule has 7 heteroatoms. The number of sulfonamides is 1. The Morgan fingerprint density at radius 2 is 1.83 bits per heavy atom. The quantitative estimate of drug-likeness (QED) is 0.514. The lowest BCUT2D eigenvalue weighted by Crippen LogP contribution is -2.15. The Balaban J connectivity index is 2.11. The SMILES string of the molecule is CCCCn1c(-c2ccc(NS(=O)(=O)CCC)cc2)c(C#N)c2ccc(OC)cc21. The van der Waals surface area contributed by atoms with E-state index < -0.39 is 10.0 Å². The molecule has 0 aliphatic carbocycles. The summed E-state index contributed by atoms with van der Waals surface area (Å²) >= 11 is 0. The number of anilines is 1. The van der Waals surface area contributed by atoms with Crippen molar-refractivity contribution in [2.45, 2.75) is 39.7 Å². The van der Waals surface area contributed by atoms with Crippen LogP contribution in [0.3, 0.4) is 0 Å². The number of rotatable bonds is 9. The molecular formula is C23H27N3O3S. The molecule has 1 aromatic heterocycles. The highest BCUT2D eigenvalue weighted by atomic mass is 32.2. The van der Waals surface area contributed by atoms with Gasteiger partial charge in [0.15, 0.2) is 0 Å². The Kier molecular flexibility index (Phi) is 6.68. The van der Waals surface area contributed by atoms with E-state index in [0.29, 0.717) is 17.7 Å². The summed E-state index contributed by atoms with van der Waals surface area (Å²) in [6.07, 6.45) is 2.57. The van der Waals surface area contributed by atoms with E-state index in [1.54, 1.807) is 19.2 Å². The van der Waals surface area contributed by atoms with Crippen molar-refractivity contribution in [1.82, 2.24) is 4.57 Å². The summed E-state index contributed by atoms with van der Waals surface area (Å²) in [4.78, 5) is 0. The van der Waals surface area contributed by atoms with Crippen LogP contribution in [0.4, 0.5) is 5.69 Å². The second-order valence-corrected chi connectivity index (χ2v) is 9.06. The summed E-state index contributed by atoms with van der Waals surface area (Å²) in [6, 6.07) is 15.3. The molecule has 2 aromatic carbocycles. The molecule has 0 spiro atoms. The van der Waals surface area contributed by atoms with Gasteiger partial charge >= 0.3 is 0 Å². The predicted octanol–water partition coefficient (Wildman–Crippen LogP) is 5.14. The number of nitrogens with zero attached hydrogens (tertiary/aromatic N) is 2. The maximum Gasteiger partial charge on any atom is 0.232 e. The fourth-order valence-electron chi connectivity index (χ4n) is 3.61. The third-order valence-electron chi connectivity index (χ3n) is 5.02. The van der Waals surface area contributed by atoms with Gasteiger partial charge in [-0.25, -0.2) is 8.42 Å². The molecule has 0 aliphatic heterocycles. The fraction of sp³-hybridized carbons (Fsp3) is 0.348. The maximum absolute atomic E-state index is 12.0. The average Bonchev–Trinajstić information content (AvgIpc) is 3.04. The standard InChI is InChI=1S/C23H27N3O3S/c1-4-6-13-26-22-15-19(29-3)11-12-20(22)21(16-24)23(26)17-7-9-18(10-8-17)25-30(27,28)14-5-2/h7-12,15,25H,4-6,13-14H2,1-3H3. The predicted molar refractivity (Wildman–Crippen MR) is 121 cm³/mol. The van der Waals surface area contributed by atoms with Crippen LogP contribution in [-0.4, -0.2) is 25.8 Å². The van der Waals surface area contributed by atoms with Gasteiger partial charge in [-0.2, -0.15) is 5.26 Å². The number of ether oxygens (including phenoxy) is 1. The summed E-state index contributed by atoms with van der Waals surface area (Å²) < 4.78 is 34.2. The second-order valence-electron chi connectivity index (χ2n) is 7.22. The minimum Gasteiger partial charge on any atom is -0.497 e. The van der Waals surface area contributed by atoms with Crippen molar-refractivity contribution in [1.29, 1.82) is 5.26 Å². The second kappa shape index (κ2) is 9.23. The molecule has 0 aliphatic rings. The van der Waals surface area contributed by atoms with Crippen LogP contribution in [0.5, 0.6) is 5.75 Å². The Bertz CT molecular complexity index is 1170. The Morgan fingerprint density at radius 3 is 2.43 bits per heavy atom. The monoisotopic (exact) mass is 425 g/mol. The van der Waals surface area contributed by atoms with Crippen molar-refractivity contribution in [3.05, 3.63) is 48.0 Å². The molecule has 0 bridgehead atoms. The molecule has 0 saturated heterocycles. The van der Waals surface area contributed by atoms with Crippen molar-refractivity contribution in [2.24, 2.45) is 0 Å². The molecule has 158 valence electrons. The highest BCUT2D eigenvalue weighted by Crippen LogP contribution is 2.36. The van der Waals surface area contributed by atoms with Gasteiger partial charge in [-0.05, 0) is 42.7 Å². The number of nitriles is 1. The van der Waals surface area contributed by atoms with Crippen molar-refractivity contribution in [2.75, 3.05) is 17.6 Å². The molecule has 1 heterocycles. The summed E-state index contributed by atoms with van der Waals surface area (Å²) in [5, 5.41) is 10.8. The lowest BCUT2D eigenvalue weighted by Gasteiger charge is -2.12. The first kappa shape index (κ1) is 21.7. The van der Waals surface area contributed by atoms with Crippen LogP contribution in [0.25, 0.3) is 22.2 Å². The van der Waals surface area contributed by atoms with Crippen molar-refractivity contribution in [3.63, 3.8) is 0 Å². The van der Waals surface area contributed by atoms with Gasteiger partial charge in [0.1, 0.15) is 11.8 Å². The van der Waals surface area contributed by atoms with Crippen LogP contribution in [0.15, 0.2) is 42.5 Å². The van der Waals surface area contributed by atoms with E-state index in [0.717, 1.165) is 47.3 Å². The fourth-order valence-corrected chi connectivity index (χ4v) is 4.75. The van der Waals surface area contributed by atoms with Gasteiger partial charge in [0, 0.05) is 23.7 Å². The maximum atomic E-state index is 12.0. The molecule has 0 unspecified atom stereocenters. The number of benzene rings is 2. The van der Waals surface area contributed by atoms with Crippen molar-refractivity contribution < 1.29 is 13.2 Å². The number of nitrogens with one attached hydrogen (secondary N) is 1. The third-order valence-corrected chi connectivity index (χ3v) is 6.52. The smallest absolute Gasteiger partial charge is 0.232 e. The Morgan fingerprint density at radius 1 is 1.10 bits per heavy atom. The number of unbranched alkanes of at least 4 members (excludes halogenated alkanes) is 1. The van der Waals surface area contributed by atoms with E-state index in [2.05, 4.69) is 22.3 Å². The summed E-state index contributed by atoms with van der Waals surface area (Å²) in [5.41, 5.74) is 3.81. The summed E-state index contributed by atoms with van der Waals surface area (Å²) in [7, 11) is -1.71. The van der Waals surface area contributed by atoms with E-state index >= 15 is 0 Å². The van der Waals surface area contributed by atoms with Gasteiger partial charge in [0.25, 0.3) is 0 Å². The summed E-state index contributed by atoms with van der Waals surface area (Å²) in [5.74, 6) is 0.829. The van der Waals surface area contributed by atoms with E-state index in [4.69, 9.17) is 4.74 Å². The van der Waals surface area contributed by atoms with Crippen LogP contribution in [-0.2, 0) is 16.6 Å². The summed E-state index contributed by atoms with van der Waals surface area (Å²) in [6.45, 7) is 4.74. The largest absolute Gasteiger partial charge is 0.497 e. The zero-order valence-corrected chi connectivity index (χ0v) is 18.4. The first-order valence-corrected chi connectivity index (χ1v) is 11.8. The normalized spacial score (nSPS) is 11.4. The van der Waals surface area contributed by atoms with Gasteiger partial charge < -0.3 is 9.30 Å². The topological polar surface area (TPSA) is 84.1 Å². The van der Waals surface area contributed by atoms with Crippen LogP contribution >= 0.6 is 0 Å². The lowest BCUT2D eigenvalue weighted by molar-refractivity contribution is 0.415. The van der Waals surface area contributed by atoms with Crippen LogP contribution in [0, 0.1) is 11.3 Å². The number of hydrogen-bond acceptors (Lipinski definition) is 4. The molecule has 0 saturated carbocycles. The third kappa shape index (κ3) is 4.44. The molecule has 30 heavy (non-hydrogen) atoms. The molecular weight excluding hydrogens is 398 g/mol. The molecule has 0 radical (unpaired) electrons. The molecule has 1 N–H and O–H groups in total. The van der Waals surface area contributed by atoms with Crippen LogP contribution < -0.4 is 9.46 Å². The minimum absolute atomic E-state index is 0.0838. The molecule has 3 aromatic rings. The van der Waals surface area contributed by atoms with Crippen LogP contribution in [0.2, 0.25) is 0 Å². The number of aromatic nitrogens is 1. The molecule has 0 fully saturated rings. The lowest BCUT2D eigenvalue weighted by atomic mass is 10.1. The van der Waals surface area contributed by atoms with Gasteiger partial charge in [0.05, 0.1) is 29.6 Å². The first-order valence-electron chi connectivity index (χ1n) is 10.1. The first-order chi connectivity index (χ1) is 14.4. The number of hydrogen-bond donors (Lipinski definition) is 1. The highest BCUT2D eigenvalue weighted by molar-refractivity contribution is 7.92. The van der Waals surface area contributed by atoms with Crippen LogP contribution in [0.1, 0.15) is 38.7 Å². The number of aryl methyl sites for hydroxylation is 1. The van der Waals surface area contributed by atoms with E-state index in [-0.39, 0.29) is 5.75 Å². The molecule has 6 nitrogen and oxygen atoms in total. The van der Waals surface area contributed by atoms with E-state index in [1.165, 1.54) is 0 Å². The van der Waals surface area contributed by atoms with Gasteiger partial charge in [0.2, 0.25) is 10.0 Å². The zero-order chi connectivity index (χ0) is 21.7. The Hall–Kier alpha value is -2.98. The number of fused-ring (bicyclic) bond motifs is 1.